The zero-order valence-corrected chi connectivity index (χ0v) is 14.5. The lowest BCUT2D eigenvalue weighted by molar-refractivity contribution is 0.113. The van der Waals surface area contributed by atoms with Crippen LogP contribution < -0.4 is 10.6 Å². The predicted molar refractivity (Wildman–Crippen MR) is 91.5 cm³/mol. The highest BCUT2D eigenvalue weighted by atomic mass is 16.5. The normalized spacial score (nSPS) is 26.1. The number of hydrogen-bond acceptors (Lipinski definition) is 4. The molecule has 2 unspecified atom stereocenters. The SMILES string of the molecule is CCNC(=NCC(C)N1CCN(C)CC1)NCC1CCCO1. The summed E-state index contributed by atoms with van der Waals surface area (Å²) in [5.41, 5.74) is 0. The van der Waals surface area contributed by atoms with Gasteiger partial charge in [0.2, 0.25) is 0 Å². The van der Waals surface area contributed by atoms with Crippen molar-refractivity contribution in [3.8, 4) is 0 Å². The van der Waals surface area contributed by atoms with Crippen LogP contribution in [0.1, 0.15) is 26.7 Å². The molecule has 0 bridgehead atoms. The molecule has 0 radical (unpaired) electrons. The van der Waals surface area contributed by atoms with Gasteiger partial charge in [-0.2, -0.15) is 0 Å². The minimum atomic E-state index is 0.346. The van der Waals surface area contributed by atoms with Gasteiger partial charge in [0, 0.05) is 51.9 Å². The molecule has 0 aromatic heterocycles. The number of ether oxygens (including phenoxy) is 1. The van der Waals surface area contributed by atoms with Crippen molar-refractivity contribution in [2.45, 2.75) is 38.8 Å². The van der Waals surface area contributed by atoms with Crippen molar-refractivity contribution in [2.75, 3.05) is 59.5 Å². The molecule has 2 fully saturated rings. The molecular weight excluding hydrogens is 278 g/mol. The Morgan fingerprint density at radius 3 is 2.68 bits per heavy atom. The van der Waals surface area contributed by atoms with Crippen molar-refractivity contribution in [3.05, 3.63) is 0 Å². The van der Waals surface area contributed by atoms with E-state index in [-0.39, 0.29) is 0 Å². The van der Waals surface area contributed by atoms with Crippen molar-refractivity contribution in [1.82, 2.24) is 20.4 Å². The van der Waals surface area contributed by atoms with E-state index in [1.165, 1.54) is 6.42 Å². The number of hydrogen-bond donors (Lipinski definition) is 2. The van der Waals surface area contributed by atoms with Crippen LogP contribution in [0.25, 0.3) is 0 Å². The molecule has 0 aliphatic carbocycles. The van der Waals surface area contributed by atoms with E-state index in [0.29, 0.717) is 12.1 Å². The van der Waals surface area contributed by atoms with Gasteiger partial charge < -0.3 is 20.3 Å². The molecule has 0 spiro atoms. The van der Waals surface area contributed by atoms with Crippen LogP contribution in [0.15, 0.2) is 4.99 Å². The van der Waals surface area contributed by atoms with Gasteiger partial charge in [0.25, 0.3) is 0 Å². The first-order chi connectivity index (χ1) is 10.7. The summed E-state index contributed by atoms with van der Waals surface area (Å²) in [6, 6.07) is 0.492. The number of piperazine rings is 1. The average molecular weight is 311 g/mol. The summed E-state index contributed by atoms with van der Waals surface area (Å²) < 4.78 is 5.65. The molecule has 6 heteroatoms. The highest BCUT2D eigenvalue weighted by Crippen LogP contribution is 2.10. The lowest BCUT2D eigenvalue weighted by Gasteiger charge is -2.35. The topological polar surface area (TPSA) is 52.1 Å². The molecule has 6 nitrogen and oxygen atoms in total. The average Bonchev–Trinajstić information content (AvgIpc) is 3.04. The van der Waals surface area contributed by atoms with Crippen molar-refractivity contribution in [3.63, 3.8) is 0 Å². The van der Waals surface area contributed by atoms with Gasteiger partial charge in [0.1, 0.15) is 0 Å². The molecule has 0 saturated carbocycles. The van der Waals surface area contributed by atoms with E-state index in [1.807, 2.05) is 0 Å². The molecule has 2 heterocycles. The fraction of sp³-hybridized carbons (Fsp3) is 0.938. The van der Waals surface area contributed by atoms with Crippen LogP contribution in [0.3, 0.4) is 0 Å². The Labute approximate surface area is 135 Å². The first kappa shape index (κ1) is 17.5. The Hall–Kier alpha value is -0.850. The first-order valence-electron chi connectivity index (χ1n) is 8.75. The molecule has 0 aromatic rings. The minimum absolute atomic E-state index is 0.346. The fourth-order valence-electron chi connectivity index (χ4n) is 2.96. The lowest BCUT2D eigenvalue weighted by Crippen LogP contribution is -2.49. The van der Waals surface area contributed by atoms with Gasteiger partial charge in [0.05, 0.1) is 12.6 Å². The quantitative estimate of drug-likeness (QED) is 0.548. The van der Waals surface area contributed by atoms with Gasteiger partial charge in [-0.15, -0.1) is 0 Å². The minimum Gasteiger partial charge on any atom is -0.376 e. The van der Waals surface area contributed by atoms with Gasteiger partial charge in [-0.05, 0) is 33.7 Å². The molecule has 2 saturated heterocycles. The van der Waals surface area contributed by atoms with Gasteiger partial charge >= 0.3 is 0 Å². The molecule has 22 heavy (non-hydrogen) atoms. The Morgan fingerprint density at radius 1 is 1.27 bits per heavy atom. The maximum Gasteiger partial charge on any atom is 0.191 e. The molecule has 2 atom stereocenters. The second kappa shape index (κ2) is 9.33. The first-order valence-corrected chi connectivity index (χ1v) is 8.75. The van der Waals surface area contributed by atoms with E-state index in [9.17, 15) is 0 Å². The smallest absolute Gasteiger partial charge is 0.191 e. The van der Waals surface area contributed by atoms with Crippen LogP contribution in [0, 0.1) is 0 Å². The van der Waals surface area contributed by atoms with Crippen LogP contribution in [0.5, 0.6) is 0 Å². The summed E-state index contributed by atoms with van der Waals surface area (Å²) in [5, 5.41) is 6.74. The van der Waals surface area contributed by atoms with Gasteiger partial charge in [0.15, 0.2) is 5.96 Å². The summed E-state index contributed by atoms with van der Waals surface area (Å²) in [4.78, 5) is 9.68. The summed E-state index contributed by atoms with van der Waals surface area (Å²) in [6.07, 6.45) is 2.68. The number of nitrogens with zero attached hydrogens (tertiary/aromatic N) is 3. The Bertz CT molecular complexity index is 335. The Balaban J connectivity index is 1.75. The van der Waals surface area contributed by atoms with Crippen molar-refractivity contribution < 1.29 is 4.74 Å². The maximum atomic E-state index is 5.65. The van der Waals surface area contributed by atoms with E-state index < -0.39 is 0 Å². The second-order valence-corrected chi connectivity index (χ2v) is 6.42. The largest absolute Gasteiger partial charge is 0.376 e. The van der Waals surface area contributed by atoms with Crippen molar-refractivity contribution >= 4 is 5.96 Å². The zero-order chi connectivity index (χ0) is 15.8. The van der Waals surface area contributed by atoms with Crippen LogP contribution in [0.4, 0.5) is 0 Å². The Kier molecular flexibility index (Phi) is 7.42. The van der Waals surface area contributed by atoms with Crippen LogP contribution in [-0.2, 0) is 4.74 Å². The van der Waals surface area contributed by atoms with Crippen LogP contribution >= 0.6 is 0 Å². The molecule has 0 amide bonds. The number of guanidine groups is 1. The third-order valence-corrected chi connectivity index (χ3v) is 4.54. The van der Waals surface area contributed by atoms with E-state index in [1.54, 1.807) is 0 Å². The number of nitrogens with one attached hydrogen (secondary N) is 2. The van der Waals surface area contributed by atoms with E-state index in [2.05, 4.69) is 41.3 Å². The van der Waals surface area contributed by atoms with Crippen LogP contribution in [-0.4, -0.2) is 87.4 Å². The molecule has 128 valence electrons. The van der Waals surface area contributed by atoms with Crippen molar-refractivity contribution in [1.29, 1.82) is 0 Å². The van der Waals surface area contributed by atoms with Gasteiger partial charge in [-0.3, -0.25) is 9.89 Å². The monoisotopic (exact) mass is 311 g/mol. The predicted octanol–water partition coefficient (Wildman–Crippen LogP) is 0.356. The molecule has 2 N–H and O–H groups in total. The second-order valence-electron chi connectivity index (χ2n) is 6.42. The number of aliphatic imine (C=N–C) groups is 1. The van der Waals surface area contributed by atoms with Gasteiger partial charge in [-0.25, -0.2) is 0 Å². The van der Waals surface area contributed by atoms with Crippen LogP contribution in [0.2, 0.25) is 0 Å². The fourth-order valence-corrected chi connectivity index (χ4v) is 2.96. The standard InChI is InChI=1S/C16H33N5O/c1-4-17-16(19-13-15-6-5-11-22-15)18-12-14(2)21-9-7-20(3)8-10-21/h14-15H,4-13H2,1-3H3,(H2,17,18,19). The van der Waals surface area contributed by atoms with Crippen molar-refractivity contribution in [2.24, 2.45) is 4.99 Å². The molecule has 0 aromatic carbocycles. The van der Waals surface area contributed by atoms with Gasteiger partial charge in [-0.1, -0.05) is 0 Å². The number of rotatable bonds is 6. The molecule has 2 aliphatic rings. The lowest BCUT2D eigenvalue weighted by atomic mass is 10.2. The molecule has 2 aliphatic heterocycles. The zero-order valence-electron chi connectivity index (χ0n) is 14.5. The third-order valence-electron chi connectivity index (χ3n) is 4.54. The van der Waals surface area contributed by atoms with E-state index >= 15 is 0 Å². The van der Waals surface area contributed by atoms with E-state index in [0.717, 1.165) is 64.8 Å². The summed E-state index contributed by atoms with van der Waals surface area (Å²) in [7, 11) is 2.19. The highest BCUT2D eigenvalue weighted by Gasteiger charge is 2.19. The highest BCUT2D eigenvalue weighted by molar-refractivity contribution is 5.79. The maximum absolute atomic E-state index is 5.65. The summed E-state index contributed by atoms with van der Waals surface area (Å²) in [5.74, 6) is 0.916. The van der Waals surface area contributed by atoms with E-state index in [4.69, 9.17) is 9.73 Å². The summed E-state index contributed by atoms with van der Waals surface area (Å²) in [6.45, 7) is 12.5. The Morgan fingerprint density at radius 2 is 2.05 bits per heavy atom. The molecule has 2 rings (SSSR count). The molecular formula is C16H33N5O. The third kappa shape index (κ3) is 5.74. The number of likely N-dealkylation sites (N-methyl/N-ethyl adjacent to an activating group) is 1. The summed E-state index contributed by atoms with van der Waals surface area (Å²) >= 11 is 0.